The summed E-state index contributed by atoms with van der Waals surface area (Å²) in [5.74, 6) is 0.0224. The first-order valence-electron chi connectivity index (χ1n) is 6.20. The summed E-state index contributed by atoms with van der Waals surface area (Å²) in [4.78, 5) is -0.0511. The van der Waals surface area contributed by atoms with E-state index < -0.39 is 10.1 Å². The van der Waals surface area contributed by atoms with Crippen molar-refractivity contribution in [3.8, 4) is 11.8 Å². The lowest BCUT2D eigenvalue weighted by molar-refractivity contribution is 0.339. The molecule has 22 heavy (non-hydrogen) atoms. The monoisotopic (exact) mass is 316 g/mol. The molecule has 2 aromatic rings. The second kappa shape index (κ2) is 6.28. The fraction of sp³-hybridized carbons (Fsp3) is 0.0667. The van der Waals surface area contributed by atoms with Crippen molar-refractivity contribution in [3.63, 3.8) is 0 Å². The Bertz CT molecular complexity index is 833. The Hall–Kier alpha value is -2.85. The lowest BCUT2D eigenvalue weighted by Gasteiger charge is -2.03. The smallest absolute Gasteiger partial charge is 0.358 e. The highest BCUT2D eigenvalue weighted by atomic mass is 32.2. The summed E-state index contributed by atoms with van der Waals surface area (Å²) in [5, 5.41) is 21.6. The minimum absolute atomic E-state index is 0.0224. The van der Waals surface area contributed by atoms with Crippen LogP contribution in [0.25, 0.3) is 0 Å². The van der Waals surface area contributed by atoms with Gasteiger partial charge in [0.2, 0.25) is 0 Å². The van der Waals surface area contributed by atoms with Crippen LogP contribution in [-0.4, -0.2) is 19.2 Å². The predicted molar refractivity (Wildman–Crippen MR) is 79.7 cm³/mol. The van der Waals surface area contributed by atoms with Crippen LogP contribution < -0.4 is 0 Å². The van der Waals surface area contributed by atoms with Crippen molar-refractivity contribution >= 4 is 15.8 Å². The lowest BCUT2D eigenvalue weighted by Crippen LogP contribution is -2.06. The molecule has 112 valence electrons. The Morgan fingerprint density at radius 2 is 1.73 bits per heavy atom. The van der Waals surface area contributed by atoms with E-state index in [2.05, 4.69) is 9.44 Å². The summed E-state index contributed by atoms with van der Waals surface area (Å²) in [7, 11) is -4.09. The number of aromatic hydroxyl groups is 1. The highest BCUT2D eigenvalue weighted by Crippen LogP contribution is 2.15. The quantitative estimate of drug-likeness (QED) is 0.689. The maximum absolute atomic E-state index is 12.0. The number of rotatable bonds is 4. The van der Waals surface area contributed by atoms with Crippen molar-refractivity contribution in [2.45, 2.75) is 11.8 Å². The van der Waals surface area contributed by atoms with Gasteiger partial charge in [-0.25, -0.2) is 0 Å². The van der Waals surface area contributed by atoms with Gasteiger partial charge in [0, 0.05) is 5.56 Å². The van der Waals surface area contributed by atoms with E-state index in [0.717, 1.165) is 5.56 Å². The molecule has 0 radical (unpaired) electrons. The second-order valence-corrected chi connectivity index (χ2v) is 5.97. The van der Waals surface area contributed by atoms with Crippen LogP contribution in [0.1, 0.15) is 11.1 Å². The molecular weight excluding hydrogens is 304 g/mol. The van der Waals surface area contributed by atoms with Crippen LogP contribution in [0.4, 0.5) is 0 Å². The van der Waals surface area contributed by atoms with Crippen LogP contribution >= 0.6 is 0 Å². The molecule has 7 heteroatoms. The molecule has 0 aliphatic rings. The fourth-order valence-corrected chi connectivity index (χ4v) is 2.32. The Balaban J connectivity index is 2.26. The van der Waals surface area contributed by atoms with Crippen LogP contribution in [0.3, 0.4) is 0 Å². The molecule has 2 rings (SSSR count). The molecule has 1 N–H and O–H groups in total. The Morgan fingerprint density at radius 1 is 1.14 bits per heavy atom. The molecule has 0 heterocycles. The van der Waals surface area contributed by atoms with Gasteiger partial charge in [-0.1, -0.05) is 22.9 Å². The number of nitriles is 1. The van der Waals surface area contributed by atoms with E-state index in [1.807, 2.05) is 6.92 Å². The third-order valence-corrected chi connectivity index (χ3v) is 3.90. The zero-order valence-electron chi connectivity index (χ0n) is 11.6. The van der Waals surface area contributed by atoms with Gasteiger partial charge in [0.05, 0.1) is 0 Å². The molecule has 0 atom stereocenters. The van der Waals surface area contributed by atoms with Gasteiger partial charge in [0.1, 0.15) is 16.7 Å². The fourth-order valence-electron chi connectivity index (χ4n) is 1.59. The van der Waals surface area contributed by atoms with Crippen molar-refractivity contribution in [1.82, 2.24) is 0 Å². The Labute approximate surface area is 128 Å². The number of nitrogens with zero attached hydrogens (tertiary/aromatic N) is 2. The summed E-state index contributed by atoms with van der Waals surface area (Å²) in [6.45, 7) is 1.83. The molecule has 0 aliphatic carbocycles. The van der Waals surface area contributed by atoms with E-state index in [1.54, 1.807) is 18.2 Å². The molecule has 0 spiro atoms. The summed E-state index contributed by atoms with van der Waals surface area (Å²) in [5.41, 5.74) is 1.03. The average Bonchev–Trinajstić information content (AvgIpc) is 2.50. The van der Waals surface area contributed by atoms with Crippen molar-refractivity contribution in [3.05, 3.63) is 59.7 Å². The van der Waals surface area contributed by atoms with Gasteiger partial charge in [-0.3, -0.25) is 4.28 Å². The third kappa shape index (κ3) is 3.62. The standard InChI is InChI=1S/C15H12N2O4S/c1-11-2-8-14(9-3-11)22(19,20)21-17-15(10-16)12-4-6-13(18)7-5-12/h2-9,18H,1H3/b17-15+. The molecule has 0 amide bonds. The van der Waals surface area contributed by atoms with Crippen molar-refractivity contribution in [2.75, 3.05) is 0 Å². The molecule has 0 unspecified atom stereocenters. The maximum Gasteiger partial charge on any atom is 0.358 e. The zero-order chi connectivity index (χ0) is 16.2. The molecule has 0 aromatic heterocycles. The van der Waals surface area contributed by atoms with Crippen LogP contribution in [0, 0.1) is 18.3 Å². The van der Waals surface area contributed by atoms with Gasteiger partial charge < -0.3 is 5.11 Å². The number of aryl methyl sites for hydroxylation is 1. The van der Waals surface area contributed by atoms with Gasteiger partial charge in [-0.2, -0.15) is 13.7 Å². The van der Waals surface area contributed by atoms with Gasteiger partial charge in [-0.15, -0.1) is 0 Å². The van der Waals surface area contributed by atoms with Crippen molar-refractivity contribution in [1.29, 1.82) is 5.26 Å². The lowest BCUT2D eigenvalue weighted by atomic mass is 10.1. The maximum atomic E-state index is 12.0. The van der Waals surface area contributed by atoms with Crippen LogP contribution in [0.2, 0.25) is 0 Å². The summed E-state index contributed by atoms with van der Waals surface area (Å²) >= 11 is 0. The number of hydrogen-bond donors (Lipinski definition) is 1. The van der Waals surface area contributed by atoms with Crippen molar-refractivity contribution in [2.24, 2.45) is 5.16 Å². The topological polar surface area (TPSA) is 99.8 Å². The molecule has 2 aromatic carbocycles. The second-order valence-electron chi connectivity index (χ2n) is 4.44. The Kier molecular flexibility index (Phi) is 4.44. The van der Waals surface area contributed by atoms with E-state index in [4.69, 9.17) is 5.26 Å². The van der Waals surface area contributed by atoms with Gasteiger partial charge in [0.25, 0.3) is 0 Å². The molecular formula is C15H12N2O4S. The molecule has 6 nitrogen and oxygen atoms in total. The third-order valence-electron chi connectivity index (χ3n) is 2.78. The highest BCUT2D eigenvalue weighted by molar-refractivity contribution is 7.86. The number of oxime groups is 1. The Morgan fingerprint density at radius 3 is 2.27 bits per heavy atom. The van der Waals surface area contributed by atoms with E-state index in [1.165, 1.54) is 36.4 Å². The highest BCUT2D eigenvalue weighted by Gasteiger charge is 2.16. The van der Waals surface area contributed by atoms with Crippen LogP contribution in [0.5, 0.6) is 5.75 Å². The summed E-state index contributed by atoms with van der Waals surface area (Å²) in [6, 6.07) is 13.4. The predicted octanol–water partition coefficient (Wildman–Crippen LogP) is 2.33. The molecule has 0 bridgehead atoms. The molecule has 0 fully saturated rings. The molecule has 0 saturated carbocycles. The number of phenols is 1. The summed E-state index contributed by atoms with van der Waals surface area (Å²) < 4.78 is 28.5. The normalized spacial score (nSPS) is 11.7. The van der Waals surface area contributed by atoms with E-state index in [0.29, 0.717) is 5.56 Å². The first-order chi connectivity index (χ1) is 10.4. The van der Waals surface area contributed by atoms with Crippen molar-refractivity contribution < 1.29 is 17.8 Å². The first-order valence-corrected chi connectivity index (χ1v) is 7.61. The van der Waals surface area contributed by atoms with Gasteiger partial charge >= 0.3 is 10.1 Å². The first kappa shape index (κ1) is 15.5. The number of hydrogen-bond acceptors (Lipinski definition) is 6. The molecule has 0 saturated heterocycles. The summed E-state index contributed by atoms with van der Waals surface area (Å²) in [6.07, 6.45) is 0. The largest absolute Gasteiger partial charge is 0.508 e. The minimum atomic E-state index is -4.09. The zero-order valence-corrected chi connectivity index (χ0v) is 12.4. The van der Waals surface area contributed by atoms with Crippen LogP contribution in [-0.2, 0) is 14.4 Å². The number of phenolic OH excluding ortho intramolecular Hbond substituents is 1. The SMILES string of the molecule is Cc1ccc(S(=O)(=O)O/N=C(\C#N)c2ccc(O)cc2)cc1. The van der Waals surface area contributed by atoms with Gasteiger partial charge in [-0.05, 0) is 43.3 Å². The van der Waals surface area contributed by atoms with Crippen LogP contribution in [0.15, 0.2) is 58.6 Å². The van der Waals surface area contributed by atoms with E-state index >= 15 is 0 Å². The van der Waals surface area contributed by atoms with E-state index in [-0.39, 0.29) is 16.4 Å². The average molecular weight is 316 g/mol. The number of benzene rings is 2. The van der Waals surface area contributed by atoms with E-state index in [9.17, 15) is 13.5 Å². The molecule has 0 aliphatic heterocycles. The van der Waals surface area contributed by atoms with Gasteiger partial charge in [0.15, 0.2) is 5.71 Å². The minimum Gasteiger partial charge on any atom is -0.508 e.